The molecule has 0 aromatic heterocycles. The van der Waals surface area contributed by atoms with Crippen LogP contribution in [-0.4, -0.2) is 56.5 Å². The number of morpholine rings is 1. The zero-order valence-electron chi connectivity index (χ0n) is 16.8. The molecular formula is C18H27N3O7S. The number of nitrogens with one attached hydrogen (secondary N) is 1. The highest BCUT2D eigenvalue weighted by molar-refractivity contribution is 7.87. The van der Waals surface area contributed by atoms with Gasteiger partial charge >= 0.3 is 5.97 Å². The maximum absolute atomic E-state index is 12.5. The van der Waals surface area contributed by atoms with Gasteiger partial charge in [0.25, 0.3) is 15.9 Å². The molecule has 1 atom stereocenters. The lowest BCUT2D eigenvalue weighted by molar-refractivity contribution is -0.384. The molecule has 1 aromatic rings. The van der Waals surface area contributed by atoms with E-state index in [0.29, 0.717) is 13.2 Å². The van der Waals surface area contributed by atoms with Gasteiger partial charge in [0.15, 0.2) is 0 Å². The van der Waals surface area contributed by atoms with E-state index in [9.17, 15) is 23.3 Å². The maximum Gasteiger partial charge on any atom is 0.311 e. The number of nitro groups is 1. The molecule has 1 fully saturated rings. The Kier molecular flexibility index (Phi) is 7.69. The minimum Gasteiger partial charge on any atom is -0.427 e. The molecule has 1 N–H and O–H groups in total. The van der Waals surface area contributed by atoms with Gasteiger partial charge in [-0.1, -0.05) is 20.8 Å². The first-order valence-electron chi connectivity index (χ1n) is 9.26. The number of nitro benzene ring substituents is 1. The molecule has 1 saturated heterocycles. The van der Waals surface area contributed by atoms with Crippen molar-refractivity contribution in [2.45, 2.75) is 27.2 Å². The molecule has 0 saturated carbocycles. The van der Waals surface area contributed by atoms with Crippen molar-refractivity contribution in [3.8, 4) is 5.75 Å². The van der Waals surface area contributed by atoms with Gasteiger partial charge < -0.3 is 9.47 Å². The lowest BCUT2D eigenvalue weighted by Gasteiger charge is -2.32. The maximum atomic E-state index is 12.5. The number of non-ortho nitro benzene ring substituents is 1. The first kappa shape index (κ1) is 23.2. The normalized spacial score (nSPS) is 16.9. The van der Waals surface area contributed by atoms with Gasteiger partial charge in [0.2, 0.25) is 0 Å². The largest absolute Gasteiger partial charge is 0.427 e. The zero-order chi connectivity index (χ0) is 21.7. The molecule has 162 valence electrons. The highest BCUT2D eigenvalue weighted by Gasteiger charge is 2.31. The van der Waals surface area contributed by atoms with E-state index in [4.69, 9.17) is 9.47 Å². The third-order valence-electron chi connectivity index (χ3n) is 4.74. The van der Waals surface area contributed by atoms with E-state index in [1.54, 1.807) is 0 Å². The van der Waals surface area contributed by atoms with Crippen LogP contribution in [0.15, 0.2) is 24.3 Å². The quantitative estimate of drug-likeness (QED) is 0.288. The first-order chi connectivity index (χ1) is 13.5. The fourth-order valence-corrected chi connectivity index (χ4v) is 4.00. The molecule has 10 nitrogen and oxygen atoms in total. The molecule has 11 heteroatoms. The van der Waals surface area contributed by atoms with E-state index >= 15 is 0 Å². The summed E-state index contributed by atoms with van der Waals surface area (Å²) in [6.45, 7) is 7.11. The van der Waals surface area contributed by atoms with Crippen LogP contribution in [0, 0.1) is 21.4 Å². The molecule has 1 heterocycles. The highest BCUT2D eigenvalue weighted by atomic mass is 32.2. The predicted octanol–water partition coefficient (Wildman–Crippen LogP) is 1.72. The first-order valence-corrected chi connectivity index (χ1v) is 10.7. The van der Waals surface area contributed by atoms with E-state index in [-0.39, 0.29) is 48.8 Å². The number of esters is 1. The second kappa shape index (κ2) is 9.61. The van der Waals surface area contributed by atoms with Crippen molar-refractivity contribution in [3.05, 3.63) is 34.4 Å². The molecule has 0 aliphatic carbocycles. The lowest BCUT2D eigenvalue weighted by Crippen LogP contribution is -2.48. The molecule has 1 aliphatic heterocycles. The molecule has 29 heavy (non-hydrogen) atoms. The number of carbonyl (C=O) groups is 1. The van der Waals surface area contributed by atoms with Gasteiger partial charge in [-0.25, -0.2) is 4.72 Å². The number of hydrogen-bond acceptors (Lipinski definition) is 7. The Morgan fingerprint density at radius 2 is 1.86 bits per heavy atom. The van der Waals surface area contributed by atoms with Crippen LogP contribution in [0.25, 0.3) is 0 Å². The second-order valence-corrected chi connectivity index (χ2v) is 9.61. The van der Waals surface area contributed by atoms with E-state index in [1.807, 2.05) is 20.8 Å². The highest BCUT2D eigenvalue weighted by Crippen LogP contribution is 2.29. The number of carbonyl (C=O) groups excluding carboxylic acids is 1. The molecule has 1 aromatic carbocycles. The Morgan fingerprint density at radius 3 is 2.38 bits per heavy atom. The summed E-state index contributed by atoms with van der Waals surface area (Å²) in [7, 11) is -3.66. The molecule has 0 bridgehead atoms. The van der Waals surface area contributed by atoms with Crippen LogP contribution in [0.4, 0.5) is 5.69 Å². The topological polar surface area (TPSA) is 128 Å². The average Bonchev–Trinajstić information content (AvgIpc) is 2.65. The summed E-state index contributed by atoms with van der Waals surface area (Å²) >= 11 is 0. The minimum atomic E-state index is -3.66. The zero-order valence-corrected chi connectivity index (χ0v) is 17.6. The van der Waals surface area contributed by atoms with Crippen molar-refractivity contribution in [1.82, 2.24) is 9.03 Å². The summed E-state index contributed by atoms with van der Waals surface area (Å²) in [6.07, 6.45) is -0.00782. The predicted molar refractivity (Wildman–Crippen MR) is 106 cm³/mol. The number of hydrogen-bond donors (Lipinski definition) is 1. The van der Waals surface area contributed by atoms with Crippen LogP contribution in [0.5, 0.6) is 5.75 Å². The SMILES string of the molecule is CC(C)(C)[C@H](CNS(=O)(=O)N1CCOCC1)CC(=O)Oc1ccc([N+](=O)[O-])cc1. The third-order valence-corrected chi connectivity index (χ3v) is 6.32. The number of nitrogens with zero attached hydrogens (tertiary/aromatic N) is 2. The Bertz CT molecular complexity index is 813. The lowest BCUT2D eigenvalue weighted by atomic mass is 9.79. The van der Waals surface area contributed by atoms with Gasteiger partial charge in [-0.05, 0) is 23.5 Å². The molecule has 0 amide bonds. The van der Waals surface area contributed by atoms with Crippen molar-refractivity contribution in [1.29, 1.82) is 0 Å². The van der Waals surface area contributed by atoms with Crippen LogP contribution in [0.1, 0.15) is 27.2 Å². The number of ether oxygens (including phenoxy) is 2. The molecule has 0 radical (unpaired) electrons. The van der Waals surface area contributed by atoms with E-state index < -0.39 is 21.1 Å². The Morgan fingerprint density at radius 1 is 1.28 bits per heavy atom. The minimum absolute atomic E-state index is 0.00782. The second-order valence-electron chi connectivity index (χ2n) is 7.86. The number of rotatable bonds is 8. The standard InChI is InChI=1S/C18H27N3O7S/c1-18(2,3)14(13-19-29(25,26)20-8-10-27-11-9-20)12-17(22)28-16-6-4-15(5-7-16)21(23)24/h4-7,14,19H,8-13H2,1-3H3/t14-/m0/s1. The molecule has 0 unspecified atom stereocenters. The van der Waals surface area contributed by atoms with Crippen molar-refractivity contribution >= 4 is 21.9 Å². The van der Waals surface area contributed by atoms with Crippen molar-refractivity contribution in [3.63, 3.8) is 0 Å². The average molecular weight is 429 g/mol. The van der Waals surface area contributed by atoms with Gasteiger partial charge in [0.1, 0.15) is 5.75 Å². The van der Waals surface area contributed by atoms with Crippen LogP contribution in [0.2, 0.25) is 0 Å². The van der Waals surface area contributed by atoms with Crippen LogP contribution >= 0.6 is 0 Å². The van der Waals surface area contributed by atoms with Crippen LogP contribution in [0.3, 0.4) is 0 Å². The van der Waals surface area contributed by atoms with Gasteiger partial charge in [-0.2, -0.15) is 12.7 Å². The Hall–Kier alpha value is -2.08. The van der Waals surface area contributed by atoms with Crippen molar-refractivity contribution < 1.29 is 27.6 Å². The summed E-state index contributed by atoms with van der Waals surface area (Å²) in [5, 5.41) is 10.7. The Balaban J connectivity index is 1.97. The van der Waals surface area contributed by atoms with Gasteiger partial charge in [-0.15, -0.1) is 0 Å². The summed E-state index contributed by atoms with van der Waals surface area (Å²) in [5.41, 5.74) is -0.461. The van der Waals surface area contributed by atoms with Gasteiger partial charge in [0, 0.05) is 31.8 Å². The number of benzene rings is 1. The van der Waals surface area contributed by atoms with Gasteiger partial charge in [0.05, 0.1) is 24.6 Å². The Labute approximate surface area is 170 Å². The molecular weight excluding hydrogens is 402 g/mol. The monoisotopic (exact) mass is 429 g/mol. The van der Waals surface area contributed by atoms with Crippen LogP contribution < -0.4 is 9.46 Å². The van der Waals surface area contributed by atoms with Gasteiger partial charge in [-0.3, -0.25) is 14.9 Å². The fraction of sp³-hybridized carbons (Fsp3) is 0.611. The summed E-state index contributed by atoms with van der Waals surface area (Å²) in [4.78, 5) is 22.5. The van der Waals surface area contributed by atoms with Crippen molar-refractivity contribution in [2.24, 2.45) is 11.3 Å². The van der Waals surface area contributed by atoms with E-state index in [2.05, 4.69) is 4.72 Å². The molecule has 1 aliphatic rings. The summed E-state index contributed by atoms with van der Waals surface area (Å²) in [5.74, 6) is -0.657. The fourth-order valence-electron chi connectivity index (χ4n) is 2.78. The molecule has 0 spiro atoms. The smallest absolute Gasteiger partial charge is 0.311 e. The van der Waals surface area contributed by atoms with Crippen molar-refractivity contribution in [2.75, 3.05) is 32.8 Å². The summed E-state index contributed by atoms with van der Waals surface area (Å²) < 4.78 is 39.3. The molecule has 2 rings (SSSR count). The van der Waals surface area contributed by atoms with E-state index in [0.717, 1.165) is 0 Å². The van der Waals surface area contributed by atoms with E-state index in [1.165, 1.54) is 28.6 Å². The third kappa shape index (κ3) is 7.03. The van der Waals surface area contributed by atoms with Crippen LogP contribution in [-0.2, 0) is 19.7 Å². The summed E-state index contributed by atoms with van der Waals surface area (Å²) in [6, 6.07) is 5.20.